The molecule has 0 aliphatic heterocycles. The molecule has 1 aliphatic rings. The Morgan fingerprint density at radius 1 is 1.26 bits per heavy atom. The van der Waals surface area contributed by atoms with Crippen LogP contribution < -0.4 is 0 Å². The summed E-state index contributed by atoms with van der Waals surface area (Å²) < 4.78 is 0. The molecule has 0 bridgehead atoms. The van der Waals surface area contributed by atoms with Gasteiger partial charge in [-0.15, -0.1) is 0 Å². The average molecular weight is 312 g/mol. The van der Waals surface area contributed by atoms with E-state index >= 15 is 0 Å². The Kier molecular flexibility index (Phi) is 4.28. The fraction of sp³-hybridized carbons (Fsp3) is 0.389. The van der Waals surface area contributed by atoms with Crippen LogP contribution in [0.3, 0.4) is 0 Å². The second-order valence-electron chi connectivity index (χ2n) is 6.27. The number of carboxylic acids is 1. The first-order valence-electron chi connectivity index (χ1n) is 7.86. The predicted molar refractivity (Wildman–Crippen MR) is 86.7 cm³/mol. The van der Waals surface area contributed by atoms with Crippen molar-refractivity contribution in [2.75, 3.05) is 7.05 Å². The van der Waals surface area contributed by atoms with E-state index in [0.29, 0.717) is 25.8 Å². The van der Waals surface area contributed by atoms with Gasteiger partial charge in [0.1, 0.15) is 0 Å². The van der Waals surface area contributed by atoms with Gasteiger partial charge in [0, 0.05) is 31.1 Å². The van der Waals surface area contributed by atoms with Gasteiger partial charge in [0.15, 0.2) is 0 Å². The molecule has 0 saturated heterocycles. The van der Waals surface area contributed by atoms with Crippen LogP contribution in [-0.2, 0) is 16.1 Å². The number of fused-ring (bicyclic) bond motifs is 1. The second kappa shape index (κ2) is 6.36. The Morgan fingerprint density at radius 2 is 2.04 bits per heavy atom. The molecule has 2 atom stereocenters. The third-order valence-electron chi connectivity index (χ3n) is 4.59. The van der Waals surface area contributed by atoms with Gasteiger partial charge >= 0.3 is 5.97 Å². The maximum absolute atomic E-state index is 12.5. The normalized spacial score (nSPS) is 20.6. The van der Waals surface area contributed by atoms with Gasteiger partial charge < -0.3 is 10.0 Å². The second-order valence-corrected chi connectivity index (χ2v) is 6.27. The largest absolute Gasteiger partial charge is 0.481 e. The molecule has 5 nitrogen and oxygen atoms in total. The highest BCUT2D eigenvalue weighted by Crippen LogP contribution is 2.32. The van der Waals surface area contributed by atoms with Crippen LogP contribution in [0.15, 0.2) is 36.5 Å². The van der Waals surface area contributed by atoms with Crippen molar-refractivity contribution in [1.82, 2.24) is 9.88 Å². The minimum Gasteiger partial charge on any atom is -0.481 e. The number of benzene rings is 1. The van der Waals surface area contributed by atoms with Crippen molar-refractivity contribution in [3.63, 3.8) is 0 Å². The summed E-state index contributed by atoms with van der Waals surface area (Å²) in [4.78, 5) is 29.5. The summed E-state index contributed by atoms with van der Waals surface area (Å²) in [6, 6.07) is 9.88. The molecular weight excluding hydrogens is 292 g/mol. The van der Waals surface area contributed by atoms with Crippen molar-refractivity contribution in [3.8, 4) is 0 Å². The number of hydrogen-bond donors (Lipinski definition) is 1. The van der Waals surface area contributed by atoms with E-state index in [1.54, 1.807) is 18.1 Å². The molecule has 1 heterocycles. The molecule has 3 rings (SSSR count). The van der Waals surface area contributed by atoms with Crippen LogP contribution in [0, 0.1) is 11.8 Å². The van der Waals surface area contributed by atoms with Crippen LogP contribution in [-0.4, -0.2) is 33.9 Å². The van der Waals surface area contributed by atoms with Gasteiger partial charge in [-0.1, -0.05) is 12.1 Å². The molecular formula is C18H20N2O3. The molecule has 1 amide bonds. The lowest BCUT2D eigenvalue weighted by molar-refractivity contribution is -0.141. The minimum absolute atomic E-state index is 0.0417. The van der Waals surface area contributed by atoms with E-state index in [4.69, 9.17) is 5.11 Å². The fourth-order valence-corrected chi connectivity index (χ4v) is 3.32. The quantitative estimate of drug-likeness (QED) is 0.942. The van der Waals surface area contributed by atoms with Crippen molar-refractivity contribution >= 4 is 22.8 Å². The summed E-state index contributed by atoms with van der Waals surface area (Å²) in [5.74, 6) is -1.28. The van der Waals surface area contributed by atoms with Crippen molar-refractivity contribution in [3.05, 3.63) is 42.1 Å². The molecule has 2 unspecified atom stereocenters. The van der Waals surface area contributed by atoms with Crippen molar-refractivity contribution in [2.45, 2.75) is 25.8 Å². The van der Waals surface area contributed by atoms with Gasteiger partial charge in [-0.2, -0.15) is 0 Å². The number of nitrogens with zero attached hydrogens (tertiary/aromatic N) is 2. The Bertz CT molecular complexity index is 744. The van der Waals surface area contributed by atoms with E-state index < -0.39 is 5.97 Å². The van der Waals surface area contributed by atoms with Crippen LogP contribution in [0.4, 0.5) is 0 Å². The first-order valence-corrected chi connectivity index (χ1v) is 7.86. The fourth-order valence-electron chi connectivity index (χ4n) is 3.32. The zero-order valence-electron chi connectivity index (χ0n) is 13.1. The Hall–Kier alpha value is -2.43. The number of pyridine rings is 1. The number of rotatable bonds is 4. The minimum atomic E-state index is -0.787. The van der Waals surface area contributed by atoms with Gasteiger partial charge in [0.2, 0.25) is 5.91 Å². The van der Waals surface area contributed by atoms with Crippen molar-refractivity contribution in [1.29, 1.82) is 0 Å². The zero-order valence-corrected chi connectivity index (χ0v) is 13.1. The molecule has 1 fully saturated rings. The molecule has 1 aromatic carbocycles. The summed E-state index contributed by atoms with van der Waals surface area (Å²) >= 11 is 0. The maximum Gasteiger partial charge on any atom is 0.306 e. The number of aliphatic carboxylic acids is 1. The Morgan fingerprint density at radius 3 is 2.78 bits per heavy atom. The molecule has 1 aromatic heterocycles. The first-order chi connectivity index (χ1) is 11.0. The van der Waals surface area contributed by atoms with E-state index in [-0.39, 0.29) is 17.7 Å². The number of carbonyl (C=O) groups is 2. The number of aromatic nitrogens is 1. The lowest BCUT2D eigenvalue weighted by Crippen LogP contribution is -2.31. The molecule has 1 aliphatic carbocycles. The van der Waals surface area contributed by atoms with E-state index in [1.165, 1.54) is 0 Å². The van der Waals surface area contributed by atoms with Crippen LogP contribution >= 0.6 is 0 Å². The Balaban J connectivity index is 1.67. The van der Waals surface area contributed by atoms with Crippen molar-refractivity contribution < 1.29 is 14.7 Å². The van der Waals surface area contributed by atoms with Crippen LogP contribution in [0.2, 0.25) is 0 Å². The zero-order chi connectivity index (χ0) is 16.4. The lowest BCUT2D eigenvalue weighted by Gasteiger charge is -2.21. The summed E-state index contributed by atoms with van der Waals surface area (Å²) in [5, 5.41) is 10.1. The average Bonchev–Trinajstić information content (AvgIpc) is 3.04. The molecule has 0 spiro atoms. The lowest BCUT2D eigenvalue weighted by atomic mass is 10.0. The smallest absolute Gasteiger partial charge is 0.306 e. The maximum atomic E-state index is 12.5. The molecule has 23 heavy (non-hydrogen) atoms. The predicted octanol–water partition coefficient (Wildman–Crippen LogP) is 2.69. The molecule has 5 heteroatoms. The van der Waals surface area contributed by atoms with Gasteiger partial charge in [0.05, 0.1) is 11.4 Å². The summed E-state index contributed by atoms with van der Waals surface area (Å²) in [7, 11) is 1.78. The van der Waals surface area contributed by atoms with E-state index in [1.807, 2.05) is 30.3 Å². The summed E-state index contributed by atoms with van der Waals surface area (Å²) in [6.45, 7) is 0.526. The van der Waals surface area contributed by atoms with Crippen molar-refractivity contribution in [2.24, 2.45) is 11.8 Å². The highest BCUT2D eigenvalue weighted by Gasteiger charge is 2.35. The highest BCUT2D eigenvalue weighted by molar-refractivity contribution is 5.81. The monoisotopic (exact) mass is 312 g/mol. The van der Waals surface area contributed by atoms with Crippen LogP contribution in [0.25, 0.3) is 10.9 Å². The van der Waals surface area contributed by atoms with Gasteiger partial charge in [-0.25, -0.2) is 0 Å². The number of hydrogen-bond acceptors (Lipinski definition) is 3. The van der Waals surface area contributed by atoms with Gasteiger partial charge in [-0.3, -0.25) is 14.6 Å². The molecule has 0 radical (unpaired) electrons. The van der Waals surface area contributed by atoms with E-state index in [0.717, 1.165) is 16.5 Å². The number of carboxylic acid groups (broad SMARTS) is 1. The standard InChI is InChI=1S/C18H20N2O3/c1-20(17(21)14-5-6-15(10-14)18(22)23)11-12-4-7-16-13(9-12)3-2-8-19-16/h2-4,7-9,14-15H,5-6,10-11H2,1H3,(H,22,23). The third kappa shape index (κ3) is 3.33. The van der Waals surface area contributed by atoms with Crippen LogP contribution in [0.5, 0.6) is 0 Å². The van der Waals surface area contributed by atoms with E-state index in [9.17, 15) is 9.59 Å². The summed E-state index contributed by atoms with van der Waals surface area (Å²) in [6.07, 6.45) is 3.49. The third-order valence-corrected chi connectivity index (χ3v) is 4.59. The Labute approximate surface area is 134 Å². The van der Waals surface area contributed by atoms with Gasteiger partial charge in [-0.05, 0) is 43.0 Å². The molecule has 1 saturated carbocycles. The first kappa shape index (κ1) is 15.5. The topological polar surface area (TPSA) is 70.5 Å². The summed E-state index contributed by atoms with van der Waals surface area (Å²) in [5.41, 5.74) is 1.99. The SMILES string of the molecule is CN(Cc1ccc2ncccc2c1)C(=O)C1CCC(C(=O)O)C1. The number of carbonyl (C=O) groups excluding carboxylic acids is 1. The number of amides is 1. The highest BCUT2D eigenvalue weighted by atomic mass is 16.4. The van der Waals surface area contributed by atoms with Gasteiger partial charge in [0.25, 0.3) is 0 Å². The molecule has 120 valence electrons. The molecule has 2 aromatic rings. The van der Waals surface area contributed by atoms with Crippen LogP contribution in [0.1, 0.15) is 24.8 Å². The van der Waals surface area contributed by atoms with E-state index in [2.05, 4.69) is 4.98 Å². The molecule has 1 N–H and O–H groups in total.